The number of ether oxygens (including phenoxy) is 2. The molecule has 24 heavy (non-hydrogen) atoms. The van der Waals surface area contributed by atoms with Crippen molar-refractivity contribution in [3.63, 3.8) is 0 Å². The first kappa shape index (κ1) is 17.5. The van der Waals surface area contributed by atoms with E-state index in [0.29, 0.717) is 17.0 Å². The molecule has 1 unspecified atom stereocenters. The van der Waals surface area contributed by atoms with Crippen molar-refractivity contribution in [1.29, 1.82) is 5.26 Å². The van der Waals surface area contributed by atoms with Gasteiger partial charge in [-0.2, -0.15) is 5.26 Å². The summed E-state index contributed by atoms with van der Waals surface area (Å²) in [6.07, 6.45) is 0. The predicted molar refractivity (Wildman–Crippen MR) is 93.8 cm³/mol. The van der Waals surface area contributed by atoms with Gasteiger partial charge in [-0.15, -0.1) is 0 Å². The third-order valence-electron chi connectivity index (χ3n) is 3.42. The van der Waals surface area contributed by atoms with Gasteiger partial charge in [0.1, 0.15) is 16.8 Å². The minimum Gasteiger partial charge on any atom is -0.497 e. The molecule has 0 aliphatic carbocycles. The summed E-state index contributed by atoms with van der Waals surface area (Å²) < 4.78 is 24.8. The average molecular weight is 345 g/mol. The molecule has 0 fully saturated rings. The second-order valence-electron chi connectivity index (χ2n) is 4.90. The number of anilines is 1. The molecule has 0 heterocycles. The third-order valence-corrected chi connectivity index (χ3v) is 3.65. The van der Waals surface area contributed by atoms with Gasteiger partial charge in [0.2, 0.25) is 0 Å². The van der Waals surface area contributed by atoms with Crippen LogP contribution < -0.4 is 20.5 Å². The number of benzene rings is 2. The van der Waals surface area contributed by atoms with Crippen molar-refractivity contribution in [3.05, 3.63) is 53.3 Å². The molecule has 1 atom stereocenters. The summed E-state index contributed by atoms with van der Waals surface area (Å²) in [4.78, 5) is 0.0635. The third kappa shape index (κ3) is 3.73. The Hall–Kier alpha value is -2.85. The lowest BCUT2D eigenvalue weighted by atomic mass is 10.0. The van der Waals surface area contributed by atoms with E-state index in [1.165, 1.54) is 26.4 Å². The number of thiocarbonyl (C=S) groups is 1. The van der Waals surface area contributed by atoms with Gasteiger partial charge >= 0.3 is 0 Å². The molecule has 2 aromatic carbocycles. The molecule has 0 aromatic heterocycles. The van der Waals surface area contributed by atoms with Crippen molar-refractivity contribution >= 4 is 22.9 Å². The Bertz CT molecular complexity index is 788. The van der Waals surface area contributed by atoms with Crippen LogP contribution in [0.3, 0.4) is 0 Å². The van der Waals surface area contributed by atoms with Crippen LogP contribution in [0.15, 0.2) is 36.4 Å². The van der Waals surface area contributed by atoms with Crippen LogP contribution in [0.2, 0.25) is 0 Å². The van der Waals surface area contributed by atoms with E-state index < -0.39 is 11.9 Å². The van der Waals surface area contributed by atoms with E-state index in [2.05, 4.69) is 5.32 Å². The van der Waals surface area contributed by atoms with Crippen molar-refractivity contribution < 1.29 is 13.9 Å². The largest absolute Gasteiger partial charge is 0.497 e. The number of nitriles is 1. The number of nitrogens with one attached hydrogen (secondary N) is 1. The van der Waals surface area contributed by atoms with Gasteiger partial charge in [-0.05, 0) is 30.3 Å². The Labute approximate surface area is 144 Å². The van der Waals surface area contributed by atoms with Gasteiger partial charge in [0, 0.05) is 17.3 Å². The molecule has 0 bridgehead atoms. The molecule has 0 aliphatic rings. The molecular formula is C17H16FN3O2S. The number of hydrogen-bond donors (Lipinski definition) is 2. The van der Waals surface area contributed by atoms with Crippen molar-refractivity contribution in [1.82, 2.24) is 0 Å². The van der Waals surface area contributed by atoms with Crippen LogP contribution in [0.1, 0.15) is 17.2 Å². The summed E-state index contributed by atoms with van der Waals surface area (Å²) in [6, 6.07) is 10.9. The van der Waals surface area contributed by atoms with E-state index >= 15 is 0 Å². The summed E-state index contributed by atoms with van der Waals surface area (Å²) >= 11 is 5.08. The smallest absolute Gasteiger partial charge is 0.171 e. The number of methoxy groups -OCH3 is 2. The fourth-order valence-corrected chi connectivity index (χ4v) is 2.37. The maximum Gasteiger partial charge on any atom is 0.171 e. The zero-order valence-electron chi connectivity index (χ0n) is 13.2. The maximum atomic E-state index is 14.6. The summed E-state index contributed by atoms with van der Waals surface area (Å²) in [5.74, 6) is -0.115. The van der Waals surface area contributed by atoms with E-state index in [4.69, 9.17) is 32.7 Å². The molecular weight excluding hydrogens is 329 g/mol. The van der Waals surface area contributed by atoms with Gasteiger partial charge < -0.3 is 20.5 Å². The SMILES string of the molecule is COc1cc(OC)c(F)c(C(Nc2ccc(C#N)cc2)C(N)=S)c1. The van der Waals surface area contributed by atoms with E-state index in [0.717, 1.165) is 0 Å². The zero-order valence-corrected chi connectivity index (χ0v) is 14.0. The molecule has 0 radical (unpaired) electrons. The van der Waals surface area contributed by atoms with Gasteiger partial charge in [0.15, 0.2) is 11.6 Å². The monoisotopic (exact) mass is 345 g/mol. The summed E-state index contributed by atoms with van der Waals surface area (Å²) in [7, 11) is 2.84. The summed E-state index contributed by atoms with van der Waals surface area (Å²) in [5.41, 5.74) is 7.17. The molecule has 124 valence electrons. The number of halogens is 1. The van der Waals surface area contributed by atoms with Crippen LogP contribution in [0.25, 0.3) is 0 Å². The summed E-state index contributed by atoms with van der Waals surface area (Å²) in [5, 5.41) is 11.9. The summed E-state index contributed by atoms with van der Waals surface area (Å²) in [6.45, 7) is 0. The second-order valence-corrected chi connectivity index (χ2v) is 5.37. The Balaban J connectivity index is 2.43. The van der Waals surface area contributed by atoms with Gasteiger partial charge in [0.05, 0.1) is 25.9 Å². The quantitative estimate of drug-likeness (QED) is 0.783. The van der Waals surface area contributed by atoms with Gasteiger partial charge in [-0.25, -0.2) is 4.39 Å². The lowest BCUT2D eigenvalue weighted by Crippen LogP contribution is -2.27. The van der Waals surface area contributed by atoms with E-state index in [1.54, 1.807) is 24.3 Å². The number of hydrogen-bond acceptors (Lipinski definition) is 5. The molecule has 0 amide bonds. The minimum absolute atomic E-state index is 0.0345. The lowest BCUT2D eigenvalue weighted by Gasteiger charge is -2.21. The van der Waals surface area contributed by atoms with Crippen LogP contribution in [0.5, 0.6) is 11.5 Å². The van der Waals surface area contributed by atoms with Crippen LogP contribution in [-0.2, 0) is 0 Å². The van der Waals surface area contributed by atoms with E-state index in [9.17, 15) is 4.39 Å². The Morgan fingerprint density at radius 1 is 1.25 bits per heavy atom. The average Bonchev–Trinajstić information content (AvgIpc) is 2.60. The molecule has 3 N–H and O–H groups in total. The van der Waals surface area contributed by atoms with Crippen molar-refractivity contribution in [3.8, 4) is 17.6 Å². The lowest BCUT2D eigenvalue weighted by molar-refractivity contribution is 0.371. The minimum atomic E-state index is -0.767. The highest BCUT2D eigenvalue weighted by atomic mass is 32.1. The van der Waals surface area contributed by atoms with Gasteiger partial charge in [-0.3, -0.25) is 0 Å². The van der Waals surface area contributed by atoms with E-state index in [1.807, 2.05) is 6.07 Å². The Morgan fingerprint density at radius 3 is 2.42 bits per heavy atom. The van der Waals surface area contributed by atoms with E-state index in [-0.39, 0.29) is 16.3 Å². The second kappa shape index (κ2) is 7.62. The standard InChI is InChI=1S/C17H16FN3O2S/c1-22-12-7-13(15(18)14(8-12)23-2)16(17(20)24)21-11-5-3-10(9-19)4-6-11/h3-8,16,21H,1-2H3,(H2,20,24). The first-order chi connectivity index (χ1) is 11.5. The molecule has 0 spiro atoms. The number of nitrogens with two attached hydrogens (primary N) is 1. The maximum absolute atomic E-state index is 14.6. The van der Waals surface area contributed by atoms with Crippen molar-refractivity contribution in [2.75, 3.05) is 19.5 Å². The van der Waals surface area contributed by atoms with Crippen molar-refractivity contribution in [2.24, 2.45) is 5.73 Å². The van der Waals surface area contributed by atoms with Gasteiger partial charge in [-0.1, -0.05) is 12.2 Å². The molecule has 0 saturated carbocycles. The molecule has 7 heteroatoms. The van der Waals surface area contributed by atoms with Gasteiger partial charge in [0.25, 0.3) is 0 Å². The zero-order chi connectivity index (χ0) is 17.7. The van der Waals surface area contributed by atoms with Crippen LogP contribution in [0.4, 0.5) is 10.1 Å². The first-order valence-electron chi connectivity index (χ1n) is 6.97. The highest BCUT2D eigenvalue weighted by Crippen LogP contribution is 2.32. The predicted octanol–water partition coefficient (Wildman–Crippen LogP) is 3.15. The Morgan fingerprint density at radius 2 is 1.92 bits per heavy atom. The highest BCUT2D eigenvalue weighted by Gasteiger charge is 2.23. The molecule has 0 aliphatic heterocycles. The molecule has 5 nitrogen and oxygen atoms in total. The highest BCUT2D eigenvalue weighted by molar-refractivity contribution is 7.80. The fraction of sp³-hybridized carbons (Fsp3) is 0.176. The van der Waals surface area contributed by atoms with Crippen LogP contribution in [0, 0.1) is 17.1 Å². The molecule has 2 rings (SSSR count). The topological polar surface area (TPSA) is 80.3 Å². The number of rotatable bonds is 6. The van der Waals surface area contributed by atoms with Crippen LogP contribution >= 0.6 is 12.2 Å². The van der Waals surface area contributed by atoms with Crippen LogP contribution in [-0.4, -0.2) is 19.2 Å². The normalized spacial score (nSPS) is 11.2. The molecule has 2 aromatic rings. The fourth-order valence-electron chi connectivity index (χ4n) is 2.18. The molecule has 0 saturated heterocycles. The Kier molecular flexibility index (Phi) is 5.55. The number of nitrogens with zero attached hydrogens (tertiary/aromatic N) is 1. The van der Waals surface area contributed by atoms with Crippen molar-refractivity contribution in [2.45, 2.75) is 6.04 Å². The first-order valence-corrected chi connectivity index (χ1v) is 7.38.